The first-order valence-corrected chi connectivity index (χ1v) is 5.93. The van der Waals surface area contributed by atoms with Crippen LogP contribution in [-0.2, 0) is 6.54 Å². The summed E-state index contributed by atoms with van der Waals surface area (Å²) in [5.41, 5.74) is 1.12. The minimum atomic E-state index is -0.508. The van der Waals surface area contributed by atoms with E-state index >= 15 is 0 Å². The van der Waals surface area contributed by atoms with Gasteiger partial charge in [-0.1, -0.05) is 0 Å². The average Bonchev–Trinajstić information content (AvgIpc) is 2.47. The third-order valence-corrected chi connectivity index (χ3v) is 2.85. The van der Waals surface area contributed by atoms with Gasteiger partial charge < -0.3 is 15.2 Å². The molecule has 0 aromatic heterocycles. The number of phenolic OH excluding ortho intramolecular Hbond substituents is 1. The summed E-state index contributed by atoms with van der Waals surface area (Å²) in [4.78, 5) is 0. The Morgan fingerprint density at radius 3 is 2.75 bits per heavy atom. The van der Waals surface area contributed by atoms with Crippen LogP contribution in [0.5, 0.6) is 11.5 Å². The second-order valence-corrected chi connectivity index (χ2v) is 4.15. The molecule has 2 rings (SSSR count). The minimum absolute atomic E-state index is 0.104. The zero-order chi connectivity index (χ0) is 14.5. The molecule has 2 aromatic carbocycles. The summed E-state index contributed by atoms with van der Waals surface area (Å²) in [6.07, 6.45) is 0. The first-order valence-electron chi connectivity index (χ1n) is 5.93. The maximum absolute atomic E-state index is 13.7. The third-order valence-electron chi connectivity index (χ3n) is 2.85. The fourth-order valence-electron chi connectivity index (χ4n) is 1.75. The van der Waals surface area contributed by atoms with Crippen molar-refractivity contribution in [1.82, 2.24) is 0 Å². The van der Waals surface area contributed by atoms with Crippen LogP contribution < -0.4 is 10.1 Å². The molecule has 0 unspecified atom stereocenters. The summed E-state index contributed by atoms with van der Waals surface area (Å²) in [7, 11) is 1.53. The molecular formula is C15H13FN2O2. The van der Waals surface area contributed by atoms with Crippen molar-refractivity contribution in [3.8, 4) is 17.6 Å². The number of ether oxygens (including phenoxy) is 1. The Hall–Kier alpha value is -2.74. The van der Waals surface area contributed by atoms with Crippen LogP contribution in [0.2, 0.25) is 0 Å². The van der Waals surface area contributed by atoms with Crippen molar-refractivity contribution in [2.24, 2.45) is 0 Å². The number of benzene rings is 2. The van der Waals surface area contributed by atoms with E-state index in [0.717, 1.165) is 6.07 Å². The van der Waals surface area contributed by atoms with E-state index in [1.165, 1.54) is 25.3 Å². The monoisotopic (exact) mass is 272 g/mol. The highest BCUT2D eigenvalue weighted by Gasteiger charge is 2.06. The van der Waals surface area contributed by atoms with Crippen molar-refractivity contribution in [1.29, 1.82) is 5.26 Å². The molecule has 0 saturated heterocycles. The van der Waals surface area contributed by atoms with E-state index in [9.17, 15) is 9.50 Å². The quantitative estimate of drug-likeness (QED) is 0.898. The molecule has 20 heavy (non-hydrogen) atoms. The van der Waals surface area contributed by atoms with Gasteiger partial charge in [0, 0.05) is 12.1 Å². The highest BCUT2D eigenvalue weighted by Crippen LogP contribution is 2.24. The van der Waals surface area contributed by atoms with Gasteiger partial charge in [-0.3, -0.25) is 0 Å². The lowest BCUT2D eigenvalue weighted by molar-refractivity contribution is 0.411. The lowest BCUT2D eigenvalue weighted by atomic mass is 10.1. The normalized spacial score (nSPS) is 9.85. The van der Waals surface area contributed by atoms with Crippen LogP contribution >= 0.6 is 0 Å². The van der Waals surface area contributed by atoms with E-state index in [0.29, 0.717) is 11.3 Å². The van der Waals surface area contributed by atoms with E-state index < -0.39 is 5.82 Å². The Labute approximate surface area is 116 Å². The zero-order valence-corrected chi connectivity index (χ0v) is 10.9. The molecule has 5 heteroatoms. The van der Waals surface area contributed by atoms with Gasteiger partial charge in [-0.15, -0.1) is 0 Å². The number of anilines is 1. The summed E-state index contributed by atoms with van der Waals surface area (Å²) in [5, 5.41) is 21.3. The number of nitrogens with zero attached hydrogens (tertiary/aromatic N) is 1. The molecule has 0 amide bonds. The Bertz CT molecular complexity index is 665. The first kappa shape index (κ1) is 13.7. The van der Waals surface area contributed by atoms with Crippen LogP contribution in [0, 0.1) is 17.1 Å². The predicted octanol–water partition coefficient (Wildman–Crippen LogP) is 3.02. The largest absolute Gasteiger partial charge is 0.508 e. The van der Waals surface area contributed by atoms with Gasteiger partial charge in [-0.2, -0.15) is 5.26 Å². The lowest BCUT2D eigenvalue weighted by Gasteiger charge is -2.10. The van der Waals surface area contributed by atoms with E-state index in [1.807, 2.05) is 6.07 Å². The fraction of sp³-hybridized carbons (Fsp3) is 0.133. The summed E-state index contributed by atoms with van der Waals surface area (Å²) in [6.45, 7) is 0.242. The molecule has 2 aromatic rings. The van der Waals surface area contributed by atoms with Gasteiger partial charge in [0.05, 0.1) is 24.4 Å². The maximum atomic E-state index is 13.7. The highest BCUT2D eigenvalue weighted by atomic mass is 19.1. The molecule has 4 nitrogen and oxygen atoms in total. The highest BCUT2D eigenvalue weighted by molar-refractivity contribution is 5.50. The molecule has 0 heterocycles. The molecular weight excluding hydrogens is 259 g/mol. The van der Waals surface area contributed by atoms with E-state index in [1.54, 1.807) is 12.1 Å². The summed E-state index contributed by atoms with van der Waals surface area (Å²) < 4.78 is 18.8. The number of aromatic hydroxyl groups is 1. The zero-order valence-electron chi connectivity index (χ0n) is 10.9. The molecule has 2 N–H and O–H groups in total. The van der Waals surface area contributed by atoms with Crippen LogP contribution in [0.4, 0.5) is 10.1 Å². The van der Waals surface area contributed by atoms with Gasteiger partial charge in [-0.05, 0) is 36.4 Å². The number of nitrogens with one attached hydrogen (secondary N) is 1. The topological polar surface area (TPSA) is 65.3 Å². The Morgan fingerprint density at radius 1 is 1.30 bits per heavy atom. The third kappa shape index (κ3) is 2.98. The van der Waals surface area contributed by atoms with Gasteiger partial charge in [0.25, 0.3) is 0 Å². The number of rotatable bonds is 4. The molecule has 0 spiro atoms. The van der Waals surface area contributed by atoms with Crippen LogP contribution in [0.15, 0.2) is 36.4 Å². The minimum Gasteiger partial charge on any atom is -0.508 e. The molecule has 0 bridgehead atoms. The number of hydrogen-bond donors (Lipinski definition) is 2. The van der Waals surface area contributed by atoms with Crippen molar-refractivity contribution < 1.29 is 14.2 Å². The van der Waals surface area contributed by atoms with Crippen molar-refractivity contribution in [2.45, 2.75) is 6.54 Å². The van der Waals surface area contributed by atoms with Crippen molar-refractivity contribution in [3.05, 3.63) is 53.3 Å². The van der Waals surface area contributed by atoms with Crippen LogP contribution in [0.1, 0.15) is 11.1 Å². The summed E-state index contributed by atoms with van der Waals surface area (Å²) in [5.74, 6) is 0.207. The number of phenols is 1. The first-order chi connectivity index (χ1) is 9.63. The average molecular weight is 272 g/mol. The number of halogens is 1. The molecule has 0 fully saturated rings. The lowest BCUT2D eigenvalue weighted by Crippen LogP contribution is -2.02. The Kier molecular flexibility index (Phi) is 4.06. The van der Waals surface area contributed by atoms with Crippen LogP contribution in [0.25, 0.3) is 0 Å². The van der Waals surface area contributed by atoms with Gasteiger partial charge in [0.1, 0.15) is 17.3 Å². The number of hydrogen-bond acceptors (Lipinski definition) is 4. The molecule has 0 aliphatic rings. The molecule has 0 saturated carbocycles. The standard InChI is InChI=1S/C15H13FN2O2/c1-20-12-3-5-15(19)11(7-12)9-18-14-4-2-10(8-17)6-13(14)16/h2-7,18-19H,9H2,1H3. The molecule has 0 radical (unpaired) electrons. The van der Waals surface area contributed by atoms with Gasteiger partial charge in [0.15, 0.2) is 0 Å². The van der Waals surface area contributed by atoms with Crippen molar-refractivity contribution in [2.75, 3.05) is 12.4 Å². The van der Waals surface area contributed by atoms with Gasteiger partial charge in [-0.25, -0.2) is 4.39 Å². The molecule has 0 aliphatic heterocycles. The van der Waals surface area contributed by atoms with Gasteiger partial charge >= 0.3 is 0 Å². The number of methoxy groups -OCH3 is 1. The van der Waals surface area contributed by atoms with E-state index in [4.69, 9.17) is 10.00 Å². The molecule has 102 valence electrons. The molecule has 0 aliphatic carbocycles. The predicted molar refractivity (Wildman–Crippen MR) is 73.1 cm³/mol. The maximum Gasteiger partial charge on any atom is 0.147 e. The van der Waals surface area contributed by atoms with Gasteiger partial charge in [0.2, 0.25) is 0 Å². The number of nitriles is 1. The second-order valence-electron chi connectivity index (χ2n) is 4.15. The van der Waals surface area contributed by atoms with Crippen LogP contribution in [0.3, 0.4) is 0 Å². The fourth-order valence-corrected chi connectivity index (χ4v) is 1.75. The SMILES string of the molecule is COc1ccc(O)c(CNc2ccc(C#N)cc2F)c1. The van der Waals surface area contributed by atoms with Crippen molar-refractivity contribution >= 4 is 5.69 Å². The molecule has 0 atom stereocenters. The smallest absolute Gasteiger partial charge is 0.147 e. The van der Waals surface area contributed by atoms with Crippen molar-refractivity contribution in [3.63, 3.8) is 0 Å². The Balaban J connectivity index is 2.15. The Morgan fingerprint density at radius 2 is 2.10 bits per heavy atom. The van der Waals surface area contributed by atoms with E-state index in [2.05, 4.69) is 5.32 Å². The summed E-state index contributed by atoms with van der Waals surface area (Å²) >= 11 is 0. The summed E-state index contributed by atoms with van der Waals surface area (Å²) in [6, 6.07) is 10.9. The van der Waals surface area contributed by atoms with E-state index in [-0.39, 0.29) is 23.5 Å². The van der Waals surface area contributed by atoms with Crippen LogP contribution in [-0.4, -0.2) is 12.2 Å². The second kappa shape index (κ2) is 5.93.